The molecule has 0 saturated carbocycles. The molecule has 3 heteroatoms. The Hall–Kier alpha value is -1.22. The third-order valence-corrected chi connectivity index (χ3v) is 3.87. The monoisotopic (exact) mass is 262 g/mol. The average Bonchev–Trinajstić information content (AvgIpc) is 2.91. The first kappa shape index (κ1) is 14.2. The van der Waals surface area contributed by atoms with Crippen LogP contribution >= 0.6 is 0 Å². The summed E-state index contributed by atoms with van der Waals surface area (Å²) in [7, 11) is 0. The molecule has 1 aromatic rings. The third-order valence-electron chi connectivity index (χ3n) is 3.87. The molecule has 1 heterocycles. The second kappa shape index (κ2) is 5.83. The van der Waals surface area contributed by atoms with Crippen LogP contribution in [0.3, 0.4) is 0 Å². The summed E-state index contributed by atoms with van der Waals surface area (Å²) in [5.41, 5.74) is 3.70. The number of hydrogen-bond acceptors (Lipinski definition) is 3. The highest BCUT2D eigenvalue weighted by Gasteiger charge is 2.17. The van der Waals surface area contributed by atoms with Crippen LogP contribution in [0.5, 0.6) is 0 Å². The lowest BCUT2D eigenvalue weighted by Gasteiger charge is -2.24. The molecule has 106 valence electrons. The number of nitrogens with zero attached hydrogens (tertiary/aromatic N) is 1. The molecule has 1 aliphatic heterocycles. The summed E-state index contributed by atoms with van der Waals surface area (Å²) in [5, 5.41) is 12.7. The average molecular weight is 262 g/mol. The van der Waals surface area contributed by atoms with Gasteiger partial charge in [-0.25, -0.2) is 0 Å². The highest BCUT2D eigenvalue weighted by atomic mass is 16.3. The van der Waals surface area contributed by atoms with Gasteiger partial charge in [-0.2, -0.15) is 0 Å². The fraction of sp³-hybridized carbons (Fsp3) is 0.625. The van der Waals surface area contributed by atoms with E-state index in [2.05, 4.69) is 49.2 Å². The molecule has 0 radical (unpaired) electrons. The van der Waals surface area contributed by atoms with Crippen LogP contribution in [0.15, 0.2) is 18.2 Å². The third kappa shape index (κ3) is 3.63. The largest absolute Gasteiger partial charge is 0.396 e. The summed E-state index contributed by atoms with van der Waals surface area (Å²) in [5.74, 6) is 0. The normalized spacial score (nSPS) is 15.9. The zero-order chi connectivity index (χ0) is 13.9. The molecule has 2 N–H and O–H groups in total. The van der Waals surface area contributed by atoms with Gasteiger partial charge in [0.15, 0.2) is 0 Å². The van der Waals surface area contributed by atoms with Crippen molar-refractivity contribution >= 4 is 11.4 Å². The highest BCUT2D eigenvalue weighted by Crippen LogP contribution is 2.26. The number of nitrogens with one attached hydrogen (secondary N) is 1. The molecule has 0 unspecified atom stereocenters. The molecule has 1 aliphatic rings. The first-order valence-corrected chi connectivity index (χ1v) is 7.22. The van der Waals surface area contributed by atoms with E-state index in [1.807, 2.05) is 0 Å². The van der Waals surface area contributed by atoms with Gasteiger partial charge >= 0.3 is 0 Å². The number of aliphatic hydroxyl groups is 1. The molecule has 0 aliphatic carbocycles. The molecule has 1 saturated heterocycles. The molecule has 0 atom stereocenters. The fourth-order valence-corrected chi connectivity index (χ4v) is 2.41. The summed E-state index contributed by atoms with van der Waals surface area (Å²) >= 11 is 0. The number of aliphatic hydroxyl groups excluding tert-OH is 1. The van der Waals surface area contributed by atoms with Gasteiger partial charge < -0.3 is 15.3 Å². The van der Waals surface area contributed by atoms with Crippen LogP contribution in [0.4, 0.5) is 11.4 Å². The van der Waals surface area contributed by atoms with E-state index in [9.17, 15) is 5.11 Å². The van der Waals surface area contributed by atoms with Crippen molar-refractivity contribution in [3.8, 4) is 0 Å². The van der Waals surface area contributed by atoms with Crippen LogP contribution in [0.25, 0.3) is 0 Å². The first-order valence-electron chi connectivity index (χ1n) is 7.22. The van der Waals surface area contributed by atoms with Gasteiger partial charge in [-0.05, 0) is 43.5 Å². The predicted molar refractivity (Wildman–Crippen MR) is 82.0 cm³/mol. The van der Waals surface area contributed by atoms with Gasteiger partial charge in [0.2, 0.25) is 0 Å². The second-order valence-electron chi connectivity index (χ2n) is 6.37. The number of rotatable bonds is 5. The number of hydrogen-bond donors (Lipinski definition) is 2. The van der Waals surface area contributed by atoms with E-state index in [1.54, 1.807) is 0 Å². The van der Waals surface area contributed by atoms with Crippen LogP contribution in [-0.4, -0.2) is 31.3 Å². The Balaban J connectivity index is 2.02. The van der Waals surface area contributed by atoms with E-state index in [-0.39, 0.29) is 12.0 Å². The van der Waals surface area contributed by atoms with Crippen LogP contribution in [0.2, 0.25) is 0 Å². The summed E-state index contributed by atoms with van der Waals surface area (Å²) in [6.45, 7) is 9.63. The van der Waals surface area contributed by atoms with Gasteiger partial charge in [-0.3, -0.25) is 0 Å². The van der Waals surface area contributed by atoms with Gasteiger partial charge in [-0.15, -0.1) is 0 Å². The molecule has 0 amide bonds. The molecule has 2 rings (SSSR count). The minimum atomic E-state index is -0.0833. The van der Waals surface area contributed by atoms with Crippen molar-refractivity contribution in [2.24, 2.45) is 5.41 Å². The predicted octanol–water partition coefficient (Wildman–Crippen LogP) is 3.03. The van der Waals surface area contributed by atoms with Gasteiger partial charge in [-0.1, -0.05) is 13.8 Å². The van der Waals surface area contributed by atoms with Crippen molar-refractivity contribution in [1.82, 2.24) is 0 Å². The highest BCUT2D eigenvalue weighted by molar-refractivity contribution is 5.60. The van der Waals surface area contributed by atoms with Crippen molar-refractivity contribution in [1.29, 1.82) is 0 Å². The van der Waals surface area contributed by atoms with E-state index >= 15 is 0 Å². The second-order valence-corrected chi connectivity index (χ2v) is 6.37. The molecule has 0 bridgehead atoms. The van der Waals surface area contributed by atoms with E-state index in [1.165, 1.54) is 42.9 Å². The van der Waals surface area contributed by atoms with Gasteiger partial charge in [0.25, 0.3) is 0 Å². The minimum absolute atomic E-state index is 0.0833. The quantitative estimate of drug-likeness (QED) is 0.856. The fourth-order valence-electron chi connectivity index (χ4n) is 2.41. The smallest absolute Gasteiger partial charge is 0.0498 e. The SMILES string of the molecule is Cc1cc(N2CCCC2)ccc1NCC(C)(C)CO. The zero-order valence-corrected chi connectivity index (χ0v) is 12.4. The number of aryl methyl sites for hydroxylation is 1. The molecule has 19 heavy (non-hydrogen) atoms. The maximum Gasteiger partial charge on any atom is 0.0498 e. The lowest BCUT2D eigenvalue weighted by atomic mass is 9.95. The molecule has 1 fully saturated rings. The summed E-state index contributed by atoms with van der Waals surface area (Å²) in [6, 6.07) is 6.63. The molecule has 3 nitrogen and oxygen atoms in total. The van der Waals surface area contributed by atoms with Crippen molar-refractivity contribution in [3.63, 3.8) is 0 Å². The maximum atomic E-state index is 9.28. The van der Waals surface area contributed by atoms with Gasteiger partial charge in [0.1, 0.15) is 0 Å². The Morgan fingerprint density at radius 1 is 1.26 bits per heavy atom. The van der Waals surface area contributed by atoms with Crippen molar-refractivity contribution in [2.75, 3.05) is 36.5 Å². The van der Waals surface area contributed by atoms with Crippen molar-refractivity contribution < 1.29 is 5.11 Å². The Labute approximate surface area is 116 Å². The van der Waals surface area contributed by atoms with Crippen LogP contribution in [0.1, 0.15) is 32.3 Å². The van der Waals surface area contributed by atoms with Crippen molar-refractivity contribution in [3.05, 3.63) is 23.8 Å². The summed E-state index contributed by atoms with van der Waals surface area (Å²) in [6.07, 6.45) is 2.62. The minimum Gasteiger partial charge on any atom is -0.396 e. The van der Waals surface area contributed by atoms with Crippen molar-refractivity contribution in [2.45, 2.75) is 33.6 Å². The Kier molecular flexibility index (Phi) is 4.35. The van der Waals surface area contributed by atoms with E-state index in [0.717, 1.165) is 6.54 Å². The van der Waals surface area contributed by atoms with Gasteiger partial charge in [0.05, 0.1) is 0 Å². The maximum absolute atomic E-state index is 9.28. The zero-order valence-electron chi connectivity index (χ0n) is 12.4. The van der Waals surface area contributed by atoms with Crippen LogP contribution in [0, 0.1) is 12.3 Å². The lowest BCUT2D eigenvalue weighted by Crippen LogP contribution is -2.27. The molecule has 0 aromatic heterocycles. The van der Waals surface area contributed by atoms with E-state index < -0.39 is 0 Å². The standard InChI is InChI=1S/C16H26N2O/c1-13-10-14(18-8-4-5-9-18)6-7-15(13)17-11-16(2,3)12-19/h6-7,10,17,19H,4-5,8-9,11-12H2,1-3H3. The first-order chi connectivity index (χ1) is 9.02. The number of benzene rings is 1. The number of anilines is 2. The summed E-state index contributed by atoms with van der Waals surface area (Å²) in [4.78, 5) is 2.45. The Morgan fingerprint density at radius 2 is 1.95 bits per heavy atom. The molecule has 1 aromatic carbocycles. The molecular formula is C16H26N2O. The van der Waals surface area contributed by atoms with E-state index in [0.29, 0.717) is 0 Å². The molecule has 0 spiro atoms. The Morgan fingerprint density at radius 3 is 2.53 bits per heavy atom. The topological polar surface area (TPSA) is 35.5 Å². The van der Waals surface area contributed by atoms with Crippen LogP contribution < -0.4 is 10.2 Å². The van der Waals surface area contributed by atoms with E-state index in [4.69, 9.17) is 0 Å². The van der Waals surface area contributed by atoms with Gasteiger partial charge in [0, 0.05) is 43.0 Å². The lowest BCUT2D eigenvalue weighted by molar-refractivity contribution is 0.171. The van der Waals surface area contributed by atoms with Crippen LogP contribution in [-0.2, 0) is 0 Å². The Bertz CT molecular complexity index is 423. The summed E-state index contributed by atoms with van der Waals surface area (Å²) < 4.78 is 0. The molecular weight excluding hydrogens is 236 g/mol.